The van der Waals surface area contributed by atoms with Crippen LogP contribution in [0, 0.1) is 0 Å². The topological polar surface area (TPSA) is 42.7 Å². The number of furan rings is 1. The Morgan fingerprint density at radius 3 is 2.61 bits per heavy atom. The summed E-state index contributed by atoms with van der Waals surface area (Å²) in [7, 11) is 0. The van der Waals surface area contributed by atoms with Crippen molar-refractivity contribution in [3.8, 4) is 11.3 Å². The summed E-state index contributed by atoms with van der Waals surface area (Å²) in [6, 6.07) is 9.90. The molecular formula is C19H23NO3. The normalized spacial score (nSPS) is 16.3. The SMILES string of the molecule is CC(C)(C)OC(=O)N1CC(C)(C)c2ccc(-c3ccco3)cc21. The van der Waals surface area contributed by atoms with Gasteiger partial charge in [-0.2, -0.15) is 0 Å². The van der Waals surface area contributed by atoms with Crippen LogP contribution in [0.2, 0.25) is 0 Å². The Morgan fingerprint density at radius 1 is 1.26 bits per heavy atom. The minimum atomic E-state index is -0.511. The summed E-state index contributed by atoms with van der Waals surface area (Å²) >= 11 is 0. The number of benzene rings is 1. The van der Waals surface area contributed by atoms with E-state index in [9.17, 15) is 4.79 Å². The number of anilines is 1. The zero-order chi connectivity index (χ0) is 16.8. The smallest absolute Gasteiger partial charge is 0.414 e. The summed E-state index contributed by atoms with van der Waals surface area (Å²) < 4.78 is 11.0. The van der Waals surface area contributed by atoms with Gasteiger partial charge in [-0.25, -0.2) is 4.79 Å². The van der Waals surface area contributed by atoms with Crippen molar-refractivity contribution in [1.82, 2.24) is 0 Å². The second kappa shape index (κ2) is 5.15. The Kier molecular flexibility index (Phi) is 3.51. The highest BCUT2D eigenvalue weighted by Crippen LogP contribution is 2.43. The van der Waals surface area contributed by atoms with Crippen molar-refractivity contribution in [1.29, 1.82) is 0 Å². The fourth-order valence-corrected chi connectivity index (χ4v) is 2.97. The summed E-state index contributed by atoms with van der Waals surface area (Å²) in [6.07, 6.45) is 1.35. The van der Waals surface area contributed by atoms with E-state index in [-0.39, 0.29) is 11.5 Å². The fraction of sp³-hybridized carbons (Fsp3) is 0.421. The Bertz CT molecular complexity index is 724. The maximum atomic E-state index is 12.6. The lowest BCUT2D eigenvalue weighted by atomic mass is 9.86. The van der Waals surface area contributed by atoms with Gasteiger partial charge in [0.15, 0.2) is 0 Å². The summed E-state index contributed by atoms with van der Waals surface area (Å²) in [5.74, 6) is 0.793. The number of carbonyl (C=O) groups excluding carboxylic acids is 1. The Labute approximate surface area is 137 Å². The lowest BCUT2D eigenvalue weighted by molar-refractivity contribution is 0.0579. The number of nitrogens with zero attached hydrogens (tertiary/aromatic N) is 1. The number of carbonyl (C=O) groups is 1. The molecule has 122 valence electrons. The number of rotatable bonds is 1. The van der Waals surface area contributed by atoms with E-state index in [4.69, 9.17) is 9.15 Å². The lowest BCUT2D eigenvalue weighted by Crippen LogP contribution is -2.38. The van der Waals surface area contributed by atoms with Gasteiger partial charge in [-0.05, 0) is 44.5 Å². The molecule has 0 N–H and O–H groups in total. The van der Waals surface area contributed by atoms with Gasteiger partial charge in [-0.3, -0.25) is 4.90 Å². The highest BCUT2D eigenvalue weighted by atomic mass is 16.6. The van der Waals surface area contributed by atoms with Gasteiger partial charge < -0.3 is 9.15 Å². The maximum Gasteiger partial charge on any atom is 0.414 e. The predicted octanol–water partition coefficient (Wildman–Crippen LogP) is 4.98. The lowest BCUT2D eigenvalue weighted by Gasteiger charge is -2.26. The number of amides is 1. The van der Waals surface area contributed by atoms with Gasteiger partial charge in [0.25, 0.3) is 0 Å². The third kappa shape index (κ3) is 2.98. The second-order valence-electron chi connectivity index (χ2n) is 7.66. The number of ether oxygens (including phenoxy) is 1. The van der Waals surface area contributed by atoms with E-state index in [1.54, 1.807) is 11.2 Å². The summed E-state index contributed by atoms with van der Waals surface area (Å²) in [6.45, 7) is 10.5. The quantitative estimate of drug-likeness (QED) is 0.745. The highest BCUT2D eigenvalue weighted by Gasteiger charge is 2.39. The third-order valence-electron chi connectivity index (χ3n) is 3.99. The van der Waals surface area contributed by atoms with Crippen LogP contribution >= 0.6 is 0 Å². The molecule has 1 aliphatic rings. The standard InChI is InChI=1S/C19H23NO3/c1-18(2,3)23-17(21)20-12-19(4,5)14-9-8-13(11-15(14)20)16-7-6-10-22-16/h6-11H,12H2,1-5H3. The predicted molar refractivity (Wildman–Crippen MR) is 90.8 cm³/mol. The van der Waals surface area contributed by atoms with Crippen LogP contribution < -0.4 is 4.90 Å². The molecule has 0 fully saturated rings. The molecule has 0 unspecified atom stereocenters. The average Bonchev–Trinajstić information content (AvgIpc) is 3.03. The minimum absolute atomic E-state index is 0.103. The first-order valence-corrected chi connectivity index (χ1v) is 7.86. The molecule has 1 aromatic carbocycles. The van der Waals surface area contributed by atoms with Crippen LogP contribution in [0.25, 0.3) is 11.3 Å². The van der Waals surface area contributed by atoms with Crippen molar-refractivity contribution in [3.63, 3.8) is 0 Å². The third-order valence-corrected chi connectivity index (χ3v) is 3.99. The molecule has 0 atom stereocenters. The van der Waals surface area contributed by atoms with Crippen LogP contribution in [0.15, 0.2) is 41.0 Å². The van der Waals surface area contributed by atoms with Gasteiger partial charge in [-0.15, -0.1) is 0 Å². The first-order chi connectivity index (χ1) is 10.7. The van der Waals surface area contributed by atoms with Crippen molar-refractivity contribution < 1.29 is 13.9 Å². The number of hydrogen-bond acceptors (Lipinski definition) is 3. The van der Waals surface area contributed by atoms with Crippen LogP contribution in [-0.2, 0) is 10.2 Å². The van der Waals surface area contributed by atoms with Crippen molar-refractivity contribution in [2.75, 3.05) is 11.4 Å². The monoisotopic (exact) mass is 313 g/mol. The zero-order valence-corrected chi connectivity index (χ0v) is 14.3. The van der Waals surface area contributed by atoms with E-state index < -0.39 is 5.60 Å². The average molecular weight is 313 g/mol. The first-order valence-electron chi connectivity index (χ1n) is 7.86. The van der Waals surface area contributed by atoms with Gasteiger partial charge in [-0.1, -0.05) is 26.0 Å². The van der Waals surface area contributed by atoms with Gasteiger partial charge in [0.1, 0.15) is 11.4 Å². The Morgan fingerprint density at radius 2 is 2.00 bits per heavy atom. The van der Waals surface area contributed by atoms with E-state index in [0.29, 0.717) is 6.54 Å². The summed E-state index contributed by atoms with van der Waals surface area (Å²) in [5, 5.41) is 0. The van der Waals surface area contributed by atoms with Crippen LogP contribution in [0.5, 0.6) is 0 Å². The highest BCUT2D eigenvalue weighted by molar-refractivity contribution is 5.92. The fourth-order valence-electron chi connectivity index (χ4n) is 2.97. The van der Waals surface area contributed by atoms with E-state index in [1.165, 1.54) is 0 Å². The molecule has 3 rings (SSSR count). The molecule has 0 radical (unpaired) electrons. The van der Waals surface area contributed by atoms with E-state index in [0.717, 1.165) is 22.6 Å². The molecule has 0 bridgehead atoms. The van der Waals surface area contributed by atoms with Crippen LogP contribution in [0.3, 0.4) is 0 Å². The molecule has 1 amide bonds. The molecule has 0 spiro atoms. The molecule has 2 heterocycles. The molecular weight excluding hydrogens is 290 g/mol. The molecule has 1 aromatic heterocycles. The zero-order valence-electron chi connectivity index (χ0n) is 14.3. The molecule has 0 aliphatic carbocycles. The summed E-state index contributed by atoms with van der Waals surface area (Å²) in [4.78, 5) is 14.3. The minimum Gasteiger partial charge on any atom is -0.464 e. The number of fused-ring (bicyclic) bond motifs is 1. The molecule has 4 heteroatoms. The van der Waals surface area contributed by atoms with E-state index in [1.807, 2.05) is 45.0 Å². The largest absolute Gasteiger partial charge is 0.464 e. The number of hydrogen-bond donors (Lipinski definition) is 0. The summed E-state index contributed by atoms with van der Waals surface area (Å²) in [5.41, 5.74) is 2.40. The van der Waals surface area contributed by atoms with Crippen molar-refractivity contribution in [3.05, 3.63) is 42.2 Å². The molecule has 4 nitrogen and oxygen atoms in total. The van der Waals surface area contributed by atoms with E-state index in [2.05, 4.69) is 19.9 Å². The van der Waals surface area contributed by atoms with Crippen LogP contribution in [0.1, 0.15) is 40.2 Å². The Balaban J connectivity index is 2.01. The maximum absolute atomic E-state index is 12.6. The molecule has 0 saturated heterocycles. The molecule has 2 aromatic rings. The molecule has 0 saturated carbocycles. The van der Waals surface area contributed by atoms with Crippen molar-refractivity contribution in [2.24, 2.45) is 0 Å². The van der Waals surface area contributed by atoms with Crippen molar-refractivity contribution in [2.45, 2.75) is 45.6 Å². The van der Waals surface area contributed by atoms with Gasteiger partial charge in [0, 0.05) is 17.5 Å². The van der Waals surface area contributed by atoms with Crippen molar-refractivity contribution >= 4 is 11.8 Å². The van der Waals surface area contributed by atoms with Crippen LogP contribution in [-0.4, -0.2) is 18.2 Å². The van der Waals surface area contributed by atoms with Crippen LogP contribution in [0.4, 0.5) is 10.5 Å². The first kappa shape index (κ1) is 15.7. The Hall–Kier alpha value is -2.23. The van der Waals surface area contributed by atoms with Gasteiger partial charge in [0.2, 0.25) is 0 Å². The van der Waals surface area contributed by atoms with E-state index >= 15 is 0 Å². The molecule has 23 heavy (non-hydrogen) atoms. The second-order valence-corrected chi connectivity index (χ2v) is 7.66. The van der Waals surface area contributed by atoms with Gasteiger partial charge in [0.05, 0.1) is 12.0 Å². The van der Waals surface area contributed by atoms with Gasteiger partial charge >= 0.3 is 6.09 Å². The molecule has 1 aliphatic heterocycles.